The van der Waals surface area contributed by atoms with Gasteiger partial charge in [0.1, 0.15) is 0 Å². The lowest BCUT2D eigenvalue weighted by Crippen LogP contribution is -2.55. The van der Waals surface area contributed by atoms with Crippen molar-refractivity contribution < 1.29 is 4.79 Å². The summed E-state index contributed by atoms with van der Waals surface area (Å²) in [5.74, 6) is 1.71. The van der Waals surface area contributed by atoms with Gasteiger partial charge in [-0.25, -0.2) is 0 Å². The number of amides is 1. The third-order valence-corrected chi connectivity index (χ3v) is 4.70. The van der Waals surface area contributed by atoms with Gasteiger partial charge in [-0.05, 0) is 50.4 Å². The van der Waals surface area contributed by atoms with Crippen molar-refractivity contribution in [2.75, 3.05) is 6.54 Å². The normalized spacial score (nSPS) is 41.7. The van der Waals surface area contributed by atoms with Crippen LogP contribution >= 0.6 is 0 Å². The van der Waals surface area contributed by atoms with Gasteiger partial charge >= 0.3 is 0 Å². The molecule has 2 aliphatic rings. The van der Waals surface area contributed by atoms with Gasteiger partial charge in [-0.3, -0.25) is 4.79 Å². The van der Waals surface area contributed by atoms with Gasteiger partial charge in [0.05, 0.1) is 5.41 Å². The molecular formula is C14H26N2O. The summed E-state index contributed by atoms with van der Waals surface area (Å²) in [6.45, 7) is 5.00. The van der Waals surface area contributed by atoms with Crippen LogP contribution in [0, 0.1) is 17.3 Å². The largest absolute Gasteiger partial charge is 0.353 e. The molecule has 0 aromatic heterocycles. The van der Waals surface area contributed by atoms with Crippen molar-refractivity contribution in [3.8, 4) is 0 Å². The number of rotatable bonds is 3. The van der Waals surface area contributed by atoms with E-state index in [0.29, 0.717) is 18.5 Å². The minimum absolute atomic E-state index is 0.220. The van der Waals surface area contributed by atoms with E-state index < -0.39 is 0 Å². The molecule has 2 rings (SSSR count). The topological polar surface area (TPSA) is 55.1 Å². The van der Waals surface area contributed by atoms with Crippen LogP contribution in [0.1, 0.15) is 52.4 Å². The zero-order chi connectivity index (χ0) is 12.5. The number of nitrogens with two attached hydrogens (primary N) is 1. The Labute approximate surface area is 105 Å². The molecule has 0 unspecified atom stereocenters. The predicted molar refractivity (Wildman–Crippen MR) is 69.4 cm³/mol. The molecule has 0 aromatic carbocycles. The first kappa shape index (κ1) is 12.9. The van der Waals surface area contributed by atoms with Gasteiger partial charge in [-0.1, -0.05) is 13.8 Å². The highest BCUT2D eigenvalue weighted by Gasteiger charge is 2.47. The molecule has 0 atom stereocenters. The molecule has 17 heavy (non-hydrogen) atoms. The van der Waals surface area contributed by atoms with Crippen LogP contribution < -0.4 is 11.1 Å². The number of carbonyl (C=O) groups is 1. The highest BCUT2D eigenvalue weighted by atomic mass is 16.2. The summed E-state index contributed by atoms with van der Waals surface area (Å²) in [7, 11) is 0. The average Bonchev–Trinajstić information content (AvgIpc) is 2.27. The molecule has 0 aliphatic heterocycles. The summed E-state index contributed by atoms with van der Waals surface area (Å²) in [5.41, 5.74) is 5.56. The Balaban J connectivity index is 1.84. The molecule has 3 heteroatoms. The number of nitrogens with one attached hydrogen (secondary N) is 1. The van der Waals surface area contributed by atoms with Crippen LogP contribution in [0.2, 0.25) is 0 Å². The van der Waals surface area contributed by atoms with Crippen molar-refractivity contribution in [2.24, 2.45) is 23.0 Å². The number of hydrogen-bond donors (Lipinski definition) is 2. The summed E-state index contributed by atoms with van der Waals surface area (Å²) in [4.78, 5) is 12.3. The monoisotopic (exact) mass is 238 g/mol. The first-order valence-electron chi connectivity index (χ1n) is 7.07. The fraction of sp³-hybridized carbons (Fsp3) is 0.929. The first-order chi connectivity index (χ1) is 8.05. The molecular weight excluding hydrogens is 212 g/mol. The van der Waals surface area contributed by atoms with Crippen LogP contribution in [0.4, 0.5) is 0 Å². The molecule has 2 saturated carbocycles. The van der Waals surface area contributed by atoms with Crippen LogP contribution in [-0.4, -0.2) is 18.5 Å². The Morgan fingerprint density at radius 2 is 1.76 bits per heavy atom. The van der Waals surface area contributed by atoms with E-state index >= 15 is 0 Å². The zero-order valence-electron chi connectivity index (χ0n) is 11.2. The third kappa shape index (κ3) is 2.65. The van der Waals surface area contributed by atoms with Crippen molar-refractivity contribution in [2.45, 2.75) is 58.4 Å². The fourth-order valence-corrected chi connectivity index (χ4v) is 3.46. The van der Waals surface area contributed by atoms with Gasteiger partial charge in [-0.15, -0.1) is 0 Å². The van der Waals surface area contributed by atoms with Crippen molar-refractivity contribution in [1.29, 1.82) is 0 Å². The van der Waals surface area contributed by atoms with Gasteiger partial charge in [0.25, 0.3) is 0 Å². The van der Waals surface area contributed by atoms with E-state index in [9.17, 15) is 4.79 Å². The van der Waals surface area contributed by atoms with E-state index in [-0.39, 0.29) is 11.3 Å². The molecule has 0 bridgehead atoms. The summed E-state index contributed by atoms with van der Waals surface area (Å²) in [6, 6.07) is 0.401. The summed E-state index contributed by atoms with van der Waals surface area (Å²) in [6.07, 6.45) is 6.72. The van der Waals surface area contributed by atoms with Gasteiger partial charge in [-0.2, -0.15) is 0 Å². The van der Waals surface area contributed by atoms with E-state index in [1.54, 1.807) is 0 Å². The fourth-order valence-electron chi connectivity index (χ4n) is 3.46. The van der Waals surface area contributed by atoms with Crippen molar-refractivity contribution in [3.63, 3.8) is 0 Å². The maximum atomic E-state index is 12.3. The first-order valence-corrected chi connectivity index (χ1v) is 7.07. The Kier molecular flexibility index (Phi) is 3.76. The van der Waals surface area contributed by atoms with E-state index in [1.807, 2.05) is 0 Å². The van der Waals surface area contributed by atoms with Crippen LogP contribution in [-0.2, 0) is 4.79 Å². The zero-order valence-corrected chi connectivity index (χ0v) is 11.2. The van der Waals surface area contributed by atoms with Gasteiger partial charge in [0, 0.05) is 12.6 Å². The molecule has 3 N–H and O–H groups in total. The standard InChI is InChI=1S/C14H26N2O/c1-10-3-5-12(6-4-10)16-13(17)14(9-15)7-11(2)8-14/h10-12H,3-9,15H2,1-2H3,(H,16,17). The highest BCUT2D eigenvalue weighted by molar-refractivity contribution is 5.84. The quantitative estimate of drug-likeness (QED) is 0.790. The van der Waals surface area contributed by atoms with E-state index in [2.05, 4.69) is 19.2 Å². The third-order valence-electron chi connectivity index (χ3n) is 4.70. The minimum Gasteiger partial charge on any atom is -0.353 e. The van der Waals surface area contributed by atoms with Gasteiger partial charge in [0.15, 0.2) is 0 Å². The van der Waals surface area contributed by atoms with Crippen LogP contribution in [0.25, 0.3) is 0 Å². The molecule has 0 radical (unpaired) electrons. The molecule has 98 valence electrons. The lowest BCUT2D eigenvalue weighted by molar-refractivity contribution is -0.139. The van der Waals surface area contributed by atoms with Crippen LogP contribution in [0.5, 0.6) is 0 Å². The van der Waals surface area contributed by atoms with Crippen molar-refractivity contribution in [3.05, 3.63) is 0 Å². The van der Waals surface area contributed by atoms with Crippen molar-refractivity contribution in [1.82, 2.24) is 5.32 Å². The van der Waals surface area contributed by atoms with Gasteiger partial charge < -0.3 is 11.1 Å². The summed E-state index contributed by atoms with van der Waals surface area (Å²) >= 11 is 0. The second-order valence-corrected chi connectivity index (χ2v) is 6.43. The predicted octanol–water partition coefficient (Wildman–Crippen LogP) is 2.06. The summed E-state index contributed by atoms with van der Waals surface area (Å²) < 4.78 is 0. The molecule has 2 fully saturated rings. The Hall–Kier alpha value is -0.570. The minimum atomic E-state index is -0.234. The highest BCUT2D eigenvalue weighted by Crippen LogP contribution is 2.45. The smallest absolute Gasteiger partial charge is 0.227 e. The molecule has 3 nitrogen and oxygen atoms in total. The lowest BCUT2D eigenvalue weighted by Gasteiger charge is -2.45. The maximum absolute atomic E-state index is 12.3. The Bertz CT molecular complexity index is 276. The summed E-state index contributed by atoms with van der Waals surface area (Å²) in [5, 5.41) is 3.23. The molecule has 2 aliphatic carbocycles. The molecule has 1 amide bonds. The maximum Gasteiger partial charge on any atom is 0.227 e. The van der Waals surface area contributed by atoms with E-state index in [4.69, 9.17) is 5.73 Å². The van der Waals surface area contributed by atoms with Crippen LogP contribution in [0.15, 0.2) is 0 Å². The van der Waals surface area contributed by atoms with Crippen LogP contribution in [0.3, 0.4) is 0 Å². The number of carbonyl (C=O) groups excluding carboxylic acids is 1. The van der Waals surface area contributed by atoms with Crippen molar-refractivity contribution >= 4 is 5.91 Å². The Morgan fingerprint density at radius 3 is 2.24 bits per heavy atom. The SMILES string of the molecule is CC1CCC(NC(=O)C2(CN)CC(C)C2)CC1. The molecule has 0 aromatic rings. The Morgan fingerprint density at radius 1 is 1.18 bits per heavy atom. The molecule has 0 saturated heterocycles. The number of hydrogen-bond acceptors (Lipinski definition) is 2. The molecule has 0 heterocycles. The van der Waals surface area contributed by atoms with E-state index in [0.717, 1.165) is 31.6 Å². The second kappa shape index (κ2) is 4.97. The molecule has 0 spiro atoms. The lowest BCUT2D eigenvalue weighted by atomic mass is 9.62. The van der Waals surface area contributed by atoms with Gasteiger partial charge in [0.2, 0.25) is 5.91 Å². The van der Waals surface area contributed by atoms with E-state index in [1.165, 1.54) is 12.8 Å². The second-order valence-electron chi connectivity index (χ2n) is 6.43. The average molecular weight is 238 g/mol.